The minimum atomic E-state index is -0.626. The molecule has 8 heteroatoms. The molecule has 3 rings (SSSR count). The van der Waals surface area contributed by atoms with Crippen LogP contribution < -0.4 is 5.32 Å². The number of nitrogens with one attached hydrogen (secondary N) is 1. The van der Waals surface area contributed by atoms with E-state index in [0.29, 0.717) is 0 Å². The van der Waals surface area contributed by atoms with Crippen molar-refractivity contribution < 1.29 is 23.5 Å². The third-order valence-corrected chi connectivity index (χ3v) is 4.69. The number of ether oxygens (including phenoxy) is 1. The largest absolute Gasteiger partial charge is 0.455 e. The summed E-state index contributed by atoms with van der Waals surface area (Å²) in [6, 6.07) is 10.6. The molecule has 1 atom stereocenters. The second-order valence-corrected chi connectivity index (χ2v) is 6.84. The molecule has 29 heavy (non-hydrogen) atoms. The van der Waals surface area contributed by atoms with Crippen LogP contribution in [0.4, 0.5) is 10.1 Å². The average Bonchev–Trinajstić information content (AvgIpc) is 2.69. The highest BCUT2D eigenvalue weighted by Crippen LogP contribution is 2.33. The molecule has 0 unspecified atom stereocenters. The molecule has 1 aliphatic heterocycles. The Morgan fingerprint density at radius 1 is 1.21 bits per heavy atom. The summed E-state index contributed by atoms with van der Waals surface area (Å²) in [5.74, 6) is -2.03. The van der Waals surface area contributed by atoms with Gasteiger partial charge in [-0.3, -0.25) is 14.4 Å². The van der Waals surface area contributed by atoms with E-state index in [0.717, 1.165) is 17.2 Å². The van der Waals surface area contributed by atoms with Crippen molar-refractivity contribution in [2.45, 2.75) is 19.4 Å². The summed E-state index contributed by atoms with van der Waals surface area (Å²) in [6.07, 6.45) is 3.34. The van der Waals surface area contributed by atoms with Gasteiger partial charge in [-0.05, 0) is 35.4 Å². The van der Waals surface area contributed by atoms with Crippen molar-refractivity contribution in [1.82, 2.24) is 4.90 Å². The molecule has 0 saturated heterocycles. The lowest BCUT2D eigenvalue weighted by Crippen LogP contribution is -2.33. The van der Waals surface area contributed by atoms with E-state index in [4.69, 9.17) is 16.3 Å². The van der Waals surface area contributed by atoms with Crippen LogP contribution in [0.15, 0.2) is 48.7 Å². The van der Waals surface area contributed by atoms with Gasteiger partial charge in [-0.15, -0.1) is 0 Å². The predicted molar refractivity (Wildman–Crippen MR) is 106 cm³/mol. The highest BCUT2D eigenvalue weighted by atomic mass is 35.5. The number of anilines is 1. The Kier molecular flexibility index (Phi) is 6.29. The van der Waals surface area contributed by atoms with Gasteiger partial charge < -0.3 is 15.0 Å². The molecule has 2 aromatic rings. The number of benzene rings is 2. The summed E-state index contributed by atoms with van der Waals surface area (Å²) in [6.45, 7) is 0.899. The summed E-state index contributed by atoms with van der Waals surface area (Å²) in [4.78, 5) is 37.7. The van der Waals surface area contributed by atoms with Crippen LogP contribution in [0.5, 0.6) is 0 Å². The second-order valence-electron chi connectivity index (χ2n) is 6.43. The van der Waals surface area contributed by atoms with E-state index in [9.17, 15) is 18.8 Å². The maximum atomic E-state index is 13.2. The Labute approximate surface area is 171 Å². The third kappa shape index (κ3) is 5.00. The molecule has 6 nitrogen and oxygen atoms in total. The minimum absolute atomic E-state index is 0.101. The number of fused-ring (bicyclic) bond motifs is 1. The first-order valence-corrected chi connectivity index (χ1v) is 9.19. The van der Waals surface area contributed by atoms with Gasteiger partial charge in [0.05, 0.1) is 17.5 Å². The maximum absolute atomic E-state index is 13.2. The molecule has 1 aliphatic rings. The molecule has 0 saturated carbocycles. The molecule has 2 amide bonds. The standard InChI is InChI=1S/C21H18ClFN2O4/c1-13(26)25-9-8-14-4-2-3-5-16(14)19(25)11-21(28)29-12-20(27)24-15-6-7-18(23)17(22)10-15/h2-10,19H,11-12H2,1H3,(H,24,27)/t19-/m1/s1. The van der Waals surface area contributed by atoms with Crippen molar-refractivity contribution in [2.24, 2.45) is 0 Å². The Morgan fingerprint density at radius 3 is 2.69 bits per heavy atom. The number of hydrogen-bond acceptors (Lipinski definition) is 4. The van der Waals surface area contributed by atoms with Crippen LogP contribution in [-0.2, 0) is 19.1 Å². The van der Waals surface area contributed by atoms with Crippen LogP contribution in [0.25, 0.3) is 6.08 Å². The normalized spacial score (nSPS) is 14.9. The first kappa shape index (κ1) is 20.5. The van der Waals surface area contributed by atoms with Gasteiger partial charge in [0.2, 0.25) is 5.91 Å². The van der Waals surface area contributed by atoms with Gasteiger partial charge in [-0.25, -0.2) is 4.39 Å². The summed E-state index contributed by atoms with van der Waals surface area (Å²) in [7, 11) is 0. The predicted octanol–water partition coefficient (Wildman–Crippen LogP) is 3.93. The Morgan fingerprint density at radius 2 is 1.97 bits per heavy atom. The smallest absolute Gasteiger partial charge is 0.308 e. The second kappa shape index (κ2) is 8.87. The highest BCUT2D eigenvalue weighted by Gasteiger charge is 2.28. The molecule has 0 fully saturated rings. The van der Waals surface area contributed by atoms with Crippen LogP contribution in [0.2, 0.25) is 5.02 Å². The van der Waals surface area contributed by atoms with Gasteiger partial charge in [0.1, 0.15) is 5.82 Å². The average molecular weight is 417 g/mol. The lowest BCUT2D eigenvalue weighted by Gasteiger charge is -2.32. The molecular formula is C21H18ClFN2O4. The van der Waals surface area contributed by atoms with E-state index in [1.165, 1.54) is 24.0 Å². The van der Waals surface area contributed by atoms with Gasteiger partial charge in [-0.1, -0.05) is 35.9 Å². The first-order chi connectivity index (χ1) is 13.8. The van der Waals surface area contributed by atoms with Crippen molar-refractivity contribution in [3.8, 4) is 0 Å². The van der Waals surface area contributed by atoms with E-state index in [2.05, 4.69) is 5.32 Å². The molecule has 1 heterocycles. The number of esters is 1. The number of nitrogens with zero attached hydrogens (tertiary/aromatic N) is 1. The van der Waals surface area contributed by atoms with Crippen LogP contribution in [0.3, 0.4) is 0 Å². The SMILES string of the molecule is CC(=O)N1C=Cc2ccccc2[C@H]1CC(=O)OCC(=O)Nc1ccc(F)c(Cl)c1. The Balaban J connectivity index is 1.60. The molecule has 0 aromatic heterocycles. The fraction of sp³-hybridized carbons (Fsp3) is 0.190. The molecule has 0 radical (unpaired) electrons. The van der Waals surface area contributed by atoms with Crippen molar-refractivity contribution in [3.63, 3.8) is 0 Å². The van der Waals surface area contributed by atoms with Gasteiger partial charge in [0, 0.05) is 18.8 Å². The highest BCUT2D eigenvalue weighted by molar-refractivity contribution is 6.31. The number of hydrogen-bond donors (Lipinski definition) is 1. The topological polar surface area (TPSA) is 75.7 Å². The van der Waals surface area contributed by atoms with Crippen molar-refractivity contribution in [2.75, 3.05) is 11.9 Å². The number of amides is 2. The van der Waals surface area contributed by atoms with Crippen molar-refractivity contribution >= 4 is 41.1 Å². The minimum Gasteiger partial charge on any atom is -0.455 e. The lowest BCUT2D eigenvalue weighted by molar-refractivity contribution is -0.149. The number of halogens is 2. The van der Waals surface area contributed by atoms with Crippen molar-refractivity contribution in [1.29, 1.82) is 0 Å². The van der Waals surface area contributed by atoms with E-state index < -0.39 is 30.3 Å². The molecule has 0 aliphatic carbocycles. The van der Waals surface area contributed by atoms with Crippen LogP contribution >= 0.6 is 11.6 Å². The maximum Gasteiger partial charge on any atom is 0.308 e. The first-order valence-electron chi connectivity index (χ1n) is 8.81. The monoisotopic (exact) mass is 416 g/mol. The summed E-state index contributed by atoms with van der Waals surface area (Å²) < 4.78 is 18.2. The van der Waals surface area contributed by atoms with E-state index >= 15 is 0 Å². The molecule has 1 N–H and O–H groups in total. The number of carbonyl (C=O) groups is 3. The Bertz CT molecular complexity index is 992. The van der Waals surface area contributed by atoms with Gasteiger partial charge in [-0.2, -0.15) is 0 Å². The summed E-state index contributed by atoms with van der Waals surface area (Å²) >= 11 is 5.66. The van der Waals surface area contributed by atoms with Crippen LogP contribution in [0.1, 0.15) is 30.5 Å². The zero-order valence-electron chi connectivity index (χ0n) is 15.5. The van der Waals surface area contributed by atoms with E-state index in [1.54, 1.807) is 12.3 Å². The lowest BCUT2D eigenvalue weighted by atomic mass is 9.94. The fourth-order valence-corrected chi connectivity index (χ4v) is 3.23. The van der Waals surface area contributed by atoms with Gasteiger partial charge in [0.15, 0.2) is 6.61 Å². The molecular weight excluding hydrogens is 399 g/mol. The van der Waals surface area contributed by atoms with Crippen molar-refractivity contribution in [3.05, 3.63) is 70.6 Å². The van der Waals surface area contributed by atoms with Crippen LogP contribution in [0, 0.1) is 5.82 Å². The molecule has 0 spiro atoms. The van der Waals surface area contributed by atoms with E-state index in [1.807, 2.05) is 24.3 Å². The zero-order valence-corrected chi connectivity index (χ0v) is 16.3. The van der Waals surface area contributed by atoms with Crippen LogP contribution in [-0.4, -0.2) is 29.3 Å². The van der Waals surface area contributed by atoms with Gasteiger partial charge >= 0.3 is 5.97 Å². The Hall–Kier alpha value is -3.19. The molecule has 150 valence electrons. The summed E-state index contributed by atoms with van der Waals surface area (Å²) in [5.41, 5.74) is 2.02. The van der Waals surface area contributed by atoms with E-state index in [-0.39, 0.29) is 23.0 Å². The molecule has 0 bridgehead atoms. The fourth-order valence-electron chi connectivity index (χ4n) is 3.05. The zero-order chi connectivity index (χ0) is 21.0. The molecule has 2 aromatic carbocycles. The van der Waals surface area contributed by atoms with Gasteiger partial charge in [0.25, 0.3) is 5.91 Å². The number of carbonyl (C=O) groups excluding carboxylic acids is 3. The summed E-state index contributed by atoms with van der Waals surface area (Å²) in [5, 5.41) is 2.34. The third-order valence-electron chi connectivity index (χ3n) is 4.40. The quantitative estimate of drug-likeness (QED) is 0.749. The number of rotatable bonds is 5.